The number of ether oxygens (including phenoxy) is 1. The van der Waals surface area contributed by atoms with Gasteiger partial charge in [-0.1, -0.05) is 18.2 Å². The van der Waals surface area contributed by atoms with Crippen LogP contribution in [0.2, 0.25) is 0 Å². The average molecular weight is 368 g/mol. The zero-order valence-electron chi connectivity index (χ0n) is 13.6. The molecule has 3 N–H and O–H groups in total. The number of nitro groups is 1. The molecule has 2 aromatic carbocycles. The zero-order valence-corrected chi connectivity index (χ0v) is 14.4. The van der Waals surface area contributed by atoms with Crippen LogP contribution < -0.4 is 15.4 Å². The van der Waals surface area contributed by atoms with Gasteiger partial charge in [0.25, 0.3) is 5.69 Å². The summed E-state index contributed by atoms with van der Waals surface area (Å²) in [6.45, 7) is 1.95. The van der Waals surface area contributed by atoms with Crippen molar-refractivity contribution < 1.29 is 14.8 Å². The number of benzene rings is 2. The van der Waals surface area contributed by atoms with Crippen LogP contribution in [-0.2, 0) is 0 Å². The van der Waals surface area contributed by atoms with Crippen molar-refractivity contribution in [3.8, 4) is 5.75 Å². The molecule has 0 spiro atoms. The molecule has 0 aliphatic carbocycles. The highest BCUT2D eigenvalue weighted by Crippen LogP contribution is 2.14. The largest absolute Gasteiger partial charge is 0.491 e. The van der Waals surface area contributed by atoms with E-state index in [2.05, 4.69) is 10.6 Å². The highest BCUT2D eigenvalue weighted by Gasteiger charge is 2.05. The van der Waals surface area contributed by atoms with Gasteiger partial charge < -0.3 is 20.5 Å². The molecule has 0 aliphatic heterocycles. The Bertz CT molecular complexity index is 626. The first-order valence-corrected chi connectivity index (χ1v) is 7.70. The molecule has 0 saturated carbocycles. The highest BCUT2D eigenvalue weighted by atomic mass is 35.5. The fourth-order valence-corrected chi connectivity index (χ4v) is 2.03. The van der Waals surface area contributed by atoms with Crippen LogP contribution in [0.25, 0.3) is 0 Å². The van der Waals surface area contributed by atoms with Gasteiger partial charge in [-0.3, -0.25) is 10.1 Å². The first-order chi connectivity index (χ1) is 11.6. The Kier molecular flexibility index (Phi) is 9.31. The van der Waals surface area contributed by atoms with Gasteiger partial charge in [0.2, 0.25) is 0 Å². The second-order valence-electron chi connectivity index (χ2n) is 5.21. The van der Waals surface area contributed by atoms with Crippen LogP contribution >= 0.6 is 12.4 Å². The van der Waals surface area contributed by atoms with Crippen molar-refractivity contribution in [2.75, 3.05) is 31.6 Å². The molecule has 0 saturated heterocycles. The van der Waals surface area contributed by atoms with Crippen LogP contribution in [0.15, 0.2) is 54.6 Å². The summed E-state index contributed by atoms with van der Waals surface area (Å²) in [5.41, 5.74) is 0.885. The Labute approximate surface area is 152 Å². The molecule has 7 nitrogen and oxygen atoms in total. The van der Waals surface area contributed by atoms with Crippen molar-refractivity contribution in [3.05, 3.63) is 64.7 Å². The summed E-state index contributed by atoms with van der Waals surface area (Å²) in [7, 11) is 0. The maximum Gasteiger partial charge on any atom is 0.269 e. The second kappa shape index (κ2) is 11.2. The fourth-order valence-electron chi connectivity index (χ4n) is 2.03. The molecular weight excluding hydrogens is 346 g/mol. The molecule has 2 rings (SSSR count). The predicted molar refractivity (Wildman–Crippen MR) is 99.6 cm³/mol. The topological polar surface area (TPSA) is 96.7 Å². The summed E-state index contributed by atoms with van der Waals surface area (Å²) in [5.74, 6) is 0.733. The van der Waals surface area contributed by atoms with E-state index < -0.39 is 11.0 Å². The number of rotatable bonds is 10. The van der Waals surface area contributed by atoms with Crippen molar-refractivity contribution in [1.29, 1.82) is 0 Å². The van der Waals surface area contributed by atoms with E-state index in [1.807, 2.05) is 30.3 Å². The van der Waals surface area contributed by atoms with Crippen LogP contribution in [0, 0.1) is 10.1 Å². The lowest BCUT2D eigenvalue weighted by Crippen LogP contribution is -2.34. The standard InChI is InChI=1S/C17H21N3O4.ClH/c21-16(13-24-17-4-2-1-3-5-17)12-18-10-11-19-14-6-8-15(9-7-14)20(22)23;/h1-9,16,18-19,21H,10-13H2;1H. The molecule has 0 radical (unpaired) electrons. The average Bonchev–Trinajstić information content (AvgIpc) is 2.61. The molecule has 25 heavy (non-hydrogen) atoms. The van der Waals surface area contributed by atoms with Crippen LogP contribution in [0.1, 0.15) is 0 Å². The van der Waals surface area contributed by atoms with E-state index in [4.69, 9.17) is 4.74 Å². The summed E-state index contributed by atoms with van der Waals surface area (Å²) in [4.78, 5) is 10.1. The van der Waals surface area contributed by atoms with Gasteiger partial charge in [0, 0.05) is 37.5 Å². The van der Waals surface area contributed by atoms with Gasteiger partial charge in [0.05, 0.1) is 4.92 Å². The Balaban J connectivity index is 0.00000312. The first-order valence-electron chi connectivity index (χ1n) is 7.70. The number of hydrogen-bond acceptors (Lipinski definition) is 6. The number of aliphatic hydroxyl groups excluding tert-OH is 1. The number of aliphatic hydroxyl groups is 1. The number of anilines is 1. The van der Waals surface area contributed by atoms with Crippen LogP contribution in [0.5, 0.6) is 5.75 Å². The Morgan fingerprint density at radius 2 is 1.76 bits per heavy atom. The van der Waals surface area contributed by atoms with Gasteiger partial charge in [-0.25, -0.2) is 0 Å². The van der Waals surface area contributed by atoms with Crippen molar-refractivity contribution in [3.63, 3.8) is 0 Å². The van der Waals surface area contributed by atoms with Gasteiger partial charge >= 0.3 is 0 Å². The van der Waals surface area contributed by atoms with Crippen LogP contribution in [0.4, 0.5) is 11.4 Å². The summed E-state index contributed by atoms with van der Waals surface area (Å²) in [6, 6.07) is 15.6. The lowest BCUT2D eigenvalue weighted by molar-refractivity contribution is -0.384. The van der Waals surface area contributed by atoms with Crippen molar-refractivity contribution in [2.45, 2.75) is 6.10 Å². The van der Waals surface area contributed by atoms with E-state index in [9.17, 15) is 15.2 Å². The number of nitrogens with one attached hydrogen (secondary N) is 2. The SMILES string of the molecule is Cl.O=[N+]([O-])c1ccc(NCCNCC(O)COc2ccccc2)cc1. The second-order valence-corrected chi connectivity index (χ2v) is 5.21. The molecule has 0 aliphatic rings. The van der Waals surface area contributed by atoms with Crippen LogP contribution in [-0.4, -0.2) is 42.4 Å². The van der Waals surface area contributed by atoms with E-state index in [0.29, 0.717) is 19.6 Å². The predicted octanol–water partition coefficient (Wildman–Crippen LogP) is 2.46. The summed E-state index contributed by atoms with van der Waals surface area (Å²) < 4.78 is 5.46. The third-order valence-corrected chi connectivity index (χ3v) is 3.27. The maximum absolute atomic E-state index is 10.6. The molecule has 2 aromatic rings. The van der Waals surface area contributed by atoms with Crippen molar-refractivity contribution in [2.24, 2.45) is 0 Å². The van der Waals surface area contributed by atoms with E-state index in [1.165, 1.54) is 12.1 Å². The van der Waals surface area contributed by atoms with Crippen LogP contribution in [0.3, 0.4) is 0 Å². The molecule has 0 bridgehead atoms. The summed E-state index contributed by atoms with van der Waals surface area (Å²) in [6.07, 6.45) is -0.593. The van der Waals surface area contributed by atoms with Gasteiger partial charge in [-0.2, -0.15) is 0 Å². The van der Waals surface area contributed by atoms with Crippen molar-refractivity contribution in [1.82, 2.24) is 5.32 Å². The highest BCUT2D eigenvalue weighted by molar-refractivity contribution is 5.85. The normalized spacial score (nSPS) is 11.2. The zero-order chi connectivity index (χ0) is 17.2. The number of nitro benzene ring substituents is 1. The molecule has 136 valence electrons. The minimum Gasteiger partial charge on any atom is -0.491 e. The lowest BCUT2D eigenvalue weighted by Gasteiger charge is -2.13. The molecule has 0 heterocycles. The molecule has 0 aromatic heterocycles. The number of nitrogens with zero attached hydrogens (tertiary/aromatic N) is 1. The van der Waals surface area contributed by atoms with E-state index >= 15 is 0 Å². The number of halogens is 1. The monoisotopic (exact) mass is 367 g/mol. The first kappa shape index (κ1) is 20.7. The minimum atomic E-state index is -0.593. The van der Waals surface area contributed by atoms with Gasteiger partial charge in [0.1, 0.15) is 18.5 Å². The number of para-hydroxylation sites is 1. The fraction of sp³-hybridized carbons (Fsp3) is 0.294. The van der Waals surface area contributed by atoms with Gasteiger partial charge in [-0.15, -0.1) is 12.4 Å². The Hall–Kier alpha value is -2.35. The molecular formula is C17H22ClN3O4. The lowest BCUT2D eigenvalue weighted by atomic mass is 10.3. The van der Waals surface area contributed by atoms with E-state index in [-0.39, 0.29) is 24.7 Å². The minimum absolute atomic E-state index is 0. The summed E-state index contributed by atoms with van der Waals surface area (Å²) in [5, 5.41) is 26.7. The van der Waals surface area contributed by atoms with Gasteiger partial charge in [0.15, 0.2) is 0 Å². The molecule has 1 unspecified atom stereocenters. The van der Waals surface area contributed by atoms with E-state index in [1.54, 1.807) is 12.1 Å². The Morgan fingerprint density at radius 1 is 1.08 bits per heavy atom. The third kappa shape index (κ3) is 7.84. The molecule has 1 atom stereocenters. The van der Waals surface area contributed by atoms with Crippen molar-refractivity contribution >= 4 is 23.8 Å². The maximum atomic E-state index is 10.6. The number of non-ortho nitro benzene ring substituents is 1. The quantitative estimate of drug-likeness (QED) is 0.339. The molecule has 0 amide bonds. The van der Waals surface area contributed by atoms with E-state index in [0.717, 1.165) is 11.4 Å². The Morgan fingerprint density at radius 3 is 2.40 bits per heavy atom. The molecule has 0 fully saturated rings. The smallest absolute Gasteiger partial charge is 0.269 e. The number of hydrogen-bond donors (Lipinski definition) is 3. The third-order valence-electron chi connectivity index (χ3n) is 3.27. The summed E-state index contributed by atoms with van der Waals surface area (Å²) >= 11 is 0. The van der Waals surface area contributed by atoms with Gasteiger partial charge in [-0.05, 0) is 24.3 Å². The molecule has 8 heteroatoms.